The SMILES string of the molecule is C1=CC(c2cnc3c4ccccc4c4ccccc4c3n2)CC(c2ccc(-c3cc(-n4c5ccccc5c5ccccc54)cc4ccccc34)c3c2CCC=C3)=C1. The molecular formula is C54H37N3. The fourth-order valence-electron chi connectivity index (χ4n) is 9.83. The van der Waals surface area contributed by atoms with Crippen LogP contribution < -0.4 is 0 Å². The Morgan fingerprint density at radius 3 is 1.95 bits per heavy atom. The van der Waals surface area contributed by atoms with E-state index in [4.69, 9.17) is 9.97 Å². The number of aromatic nitrogens is 3. The third-order valence-electron chi connectivity index (χ3n) is 12.4. The normalized spacial score (nSPS) is 15.3. The summed E-state index contributed by atoms with van der Waals surface area (Å²) in [5.74, 6) is 0.133. The van der Waals surface area contributed by atoms with Crippen molar-refractivity contribution in [2.75, 3.05) is 0 Å². The predicted molar refractivity (Wildman–Crippen MR) is 240 cm³/mol. The van der Waals surface area contributed by atoms with Crippen LogP contribution in [0.2, 0.25) is 0 Å². The molecule has 0 radical (unpaired) electrons. The van der Waals surface area contributed by atoms with Gasteiger partial charge in [0.05, 0.1) is 27.8 Å². The summed E-state index contributed by atoms with van der Waals surface area (Å²) in [4.78, 5) is 10.5. The van der Waals surface area contributed by atoms with Crippen LogP contribution in [0.4, 0.5) is 0 Å². The Bertz CT molecular complexity index is 3310. The highest BCUT2D eigenvalue weighted by molar-refractivity contribution is 6.23. The van der Waals surface area contributed by atoms with Crippen molar-refractivity contribution in [3.8, 4) is 16.8 Å². The number of fused-ring (bicyclic) bond motifs is 11. The summed E-state index contributed by atoms with van der Waals surface area (Å²) >= 11 is 0. The first-order valence-corrected chi connectivity index (χ1v) is 20.1. The molecule has 3 nitrogen and oxygen atoms in total. The number of para-hydroxylation sites is 2. The van der Waals surface area contributed by atoms with Gasteiger partial charge in [-0.25, -0.2) is 4.98 Å². The molecule has 0 N–H and O–H groups in total. The van der Waals surface area contributed by atoms with Crippen molar-refractivity contribution in [3.63, 3.8) is 0 Å². The molecule has 2 aromatic heterocycles. The van der Waals surface area contributed by atoms with Gasteiger partial charge in [-0.05, 0) is 98.5 Å². The molecule has 0 spiro atoms. The lowest BCUT2D eigenvalue weighted by atomic mass is 9.80. The molecule has 8 aromatic carbocycles. The molecule has 0 saturated carbocycles. The molecule has 0 aliphatic heterocycles. The lowest BCUT2D eigenvalue weighted by Crippen LogP contribution is -2.08. The van der Waals surface area contributed by atoms with E-state index in [0.717, 1.165) is 46.8 Å². The Kier molecular flexibility index (Phi) is 7.18. The number of hydrogen-bond donors (Lipinski definition) is 0. The molecule has 2 aliphatic rings. The first-order valence-electron chi connectivity index (χ1n) is 20.1. The molecule has 1 atom stereocenters. The Morgan fingerprint density at radius 2 is 1.19 bits per heavy atom. The lowest BCUT2D eigenvalue weighted by molar-refractivity contribution is 0.825. The second-order valence-corrected chi connectivity index (χ2v) is 15.5. The third kappa shape index (κ3) is 4.98. The van der Waals surface area contributed by atoms with Gasteiger partial charge in [-0.2, -0.15) is 0 Å². The third-order valence-corrected chi connectivity index (χ3v) is 12.4. The van der Waals surface area contributed by atoms with Crippen LogP contribution in [-0.4, -0.2) is 14.5 Å². The maximum absolute atomic E-state index is 5.39. The summed E-state index contributed by atoms with van der Waals surface area (Å²) in [7, 11) is 0. The first-order chi connectivity index (χ1) is 28.3. The number of nitrogens with zero attached hydrogens (tertiary/aromatic N) is 3. The van der Waals surface area contributed by atoms with Gasteiger partial charge in [0, 0.05) is 39.3 Å². The molecule has 0 saturated heterocycles. The van der Waals surface area contributed by atoms with E-state index in [1.807, 2.05) is 6.20 Å². The smallest absolute Gasteiger partial charge is 0.0975 e. The highest BCUT2D eigenvalue weighted by atomic mass is 15.0. The monoisotopic (exact) mass is 727 g/mol. The molecule has 1 unspecified atom stereocenters. The highest BCUT2D eigenvalue weighted by Gasteiger charge is 2.24. The zero-order valence-corrected chi connectivity index (χ0v) is 31.4. The van der Waals surface area contributed by atoms with Crippen LogP contribution in [0.1, 0.15) is 41.1 Å². The van der Waals surface area contributed by atoms with Crippen molar-refractivity contribution in [1.29, 1.82) is 0 Å². The fraction of sp³-hybridized carbons (Fsp3) is 0.0741. The van der Waals surface area contributed by atoms with Gasteiger partial charge in [-0.1, -0.05) is 152 Å². The van der Waals surface area contributed by atoms with Gasteiger partial charge in [0.1, 0.15) is 0 Å². The van der Waals surface area contributed by atoms with Gasteiger partial charge in [0.2, 0.25) is 0 Å². The molecule has 10 aromatic rings. The second kappa shape index (κ2) is 12.7. The summed E-state index contributed by atoms with van der Waals surface area (Å²) in [6.45, 7) is 0. The second-order valence-electron chi connectivity index (χ2n) is 15.5. The van der Waals surface area contributed by atoms with Crippen LogP contribution in [0, 0.1) is 0 Å². The maximum atomic E-state index is 5.39. The van der Waals surface area contributed by atoms with Gasteiger partial charge < -0.3 is 4.57 Å². The highest BCUT2D eigenvalue weighted by Crippen LogP contribution is 2.44. The molecule has 12 rings (SSSR count). The molecule has 0 bridgehead atoms. The van der Waals surface area contributed by atoms with Crippen molar-refractivity contribution >= 4 is 76.8 Å². The summed E-state index contributed by atoms with van der Waals surface area (Å²) in [6, 6.07) is 53.2. The average molecular weight is 728 g/mol. The van der Waals surface area contributed by atoms with Crippen LogP contribution in [0.15, 0.2) is 176 Å². The van der Waals surface area contributed by atoms with Gasteiger partial charge in [-0.3, -0.25) is 4.98 Å². The minimum atomic E-state index is 0.133. The van der Waals surface area contributed by atoms with Crippen LogP contribution in [-0.2, 0) is 6.42 Å². The van der Waals surface area contributed by atoms with Gasteiger partial charge in [0.25, 0.3) is 0 Å². The molecule has 0 amide bonds. The van der Waals surface area contributed by atoms with Crippen LogP contribution in [0.25, 0.3) is 93.6 Å². The Hall–Kier alpha value is -7.10. The topological polar surface area (TPSA) is 30.7 Å². The van der Waals surface area contributed by atoms with Gasteiger partial charge >= 0.3 is 0 Å². The van der Waals surface area contributed by atoms with E-state index in [0.29, 0.717) is 0 Å². The summed E-state index contributed by atoms with van der Waals surface area (Å²) in [5, 5.41) is 9.81. The van der Waals surface area contributed by atoms with E-state index in [2.05, 4.69) is 181 Å². The van der Waals surface area contributed by atoms with Gasteiger partial charge in [0.15, 0.2) is 0 Å². The summed E-state index contributed by atoms with van der Waals surface area (Å²) in [5.41, 5.74) is 14.6. The van der Waals surface area contributed by atoms with E-state index in [9.17, 15) is 0 Å². The van der Waals surface area contributed by atoms with Crippen molar-refractivity contribution < 1.29 is 0 Å². The maximum Gasteiger partial charge on any atom is 0.0975 e. The predicted octanol–water partition coefficient (Wildman–Crippen LogP) is 13.9. The minimum absolute atomic E-state index is 0.133. The zero-order chi connectivity index (χ0) is 37.5. The number of allylic oxidation sites excluding steroid dienone is 5. The standard InChI is InChI=1S/C54H37N3/c1-2-17-38-35(14-1)31-37(57-51-26-11-9-22-45(51)46-23-10-12-27-52(46)57)32-49(38)44-29-28-39(40-18-3-4-19-41(40)44)34-15-13-16-36(30-34)50-33-55-53-47-24-7-5-20-42(47)43-21-6-8-25-48(43)54(53)56-50/h1-2,4-17,19-29,31-33,36H,3,18,30H2. The molecule has 268 valence electrons. The van der Waals surface area contributed by atoms with Crippen molar-refractivity contribution in [2.45, 2.75) is 25.2 Å². The molecule has 2 aliphatic carbocycles. The zero-order valence-electron chi connectivity index (χ0n) is 31.4. The molecule has 0 fully saturated rings. The quantitative estimate of drug-likeness (QED) is 0.169. The minimum Gasteiger partial charge on any atom is -0.309 e. The average Bonchev–Trinajstić information content (AvgIpc) is 3.63. The molecule has 3 heteroatoms. The van der Waals surface area contributed by atoms with Gasteiger partial charge in [-0.15, -0.1) is 0 Å². The number of benzene rings is 8. The number of hydrogen-bond acceptors (Lipinski definition) is 2. The van der Waals surface area contributed by atoms with Crippen LogP contribution in [0.3, 0.4) is 0 Å². The molecule has 2 heterocycles. The van der Waals surface area contributed by atoms with E-state index < -0.39 is 0 Å². The van der Waals surface area contributed by atoms with E-state index in [1.54, 1.807) is 0 Å². The first kappa shape index (κ1) is 32.2. The lowest BCUT2D eigenvalue weighted by Gasteiger charge is -2.25. The van der Waals surface area contributed by atoms with E-state index in [1.165, 1.54) is 82.4 Å². The number of rotatable bonds is 4. The van der Waals surface area contributed by atoms with Crippen LogP contribution in [0.5, 0.6) is 0 Å². The molecular weight excluding hydrogens is 691 g/mol. The Balaban J connectivity index is 0.974. The van der Waals surface area contributed by atoms with E-state index in [-0.39, 0.29) is 5.92 Å². The fourth-order valence-corrected chi connectivity index (χ4v) is 9.83. The largest absolute Gasteiger partial charge is 0.309 e. The van der Waals surface area contributed by atoms with Crippen molar-refractivity contribution in [2.24, 2.45) is 0 Å². The van der Waals surface area contributed by atoms with E-state index >= 15 is 0 Å². The van der Waals surface area contributed by atoms with Crippen molar-refractivity contribution in [3.05, 3.63) is 198 Å². The van der Waals surface area contributed by atoms with Crippen LogP contribution >= 0.6 is 0 Å². The van der Waals surface area contributed by atoms with Crippen molar-refractivity contribution in [1.82, 2.24) is 14.5 Å². The Morgan fingerprint density at radius 1 is 0.561 bits per heavy atom. The summed E-state index contributed by atoms with van der Waals surface area (Å²) < 4.78 is 2.44. The Labute approximate surface area is 330 Å². The molecule has 57 heavy (non-hydrogen) atoms. The summed E-state index contributed by atoms with van der Waals surface area (Å²) in [6.07, 6.45) is 16.5.